The highest BCUT2D eigenvalue weighted by molar-refractivity contribution is 6.33. The van der Waals surface area contributed by atoms with Crippen LogP contribution >= 0.6 is 11.6 Å². The molecule has 1 aromatic rings. The molecule has 2 saturated heterocycles. The molecule has 0 bridgehead atoms. The Morgan fingerprint density at radius 3 is 2.81 bits per heavy atom. The van der Waals surface area contributed by atoms with Crippen LogP contribution in [-0.2, 0) is 4.79 Å². The van der Waals surface area contributed by atoms with Crippen molar-refractivity contribution in [2.24, 2.45) is 0 Å². The number of carbonyl (C=O) groups excluding carboxylic acids is 2. The number of ketones is 1. The molecule has 1 unspecified atom stereocenters. The van der Waals surface area contributed by atoms with Crippen molar-refractivity contribution in [3.63, 3.8) is 0 Å². The Bertz CT molecular complexity index is 680. The molecule has 0 aromatic heterocycles. The minimum Gasteiger partial charge on any atom is -0.312 e. The van der Waals surface area contributed by atoms with E-state index in [2.05, 4.69) is 0 Å². The van der Waals surface area contributed by atoms with Crippen LogP contribution in [0.5, 0.6) is 0 Å². The van der Waals surface area contributed by atoms with Crippen molar-refractivity contribution < 1.29 is 9.59 Å². The van der Waals surface area contributed by atoms with E-state index < -0.39 is 0 Å². The number of carbonyl (C=O) groups is 2. The fourth-order valence-electron chi connectivity index (χ4n) is 3.01. The van der Waals surface area contributed by atoms with E-state index in [0.29, 0.717) is 41.3 Å². The van der Waals surface area contributed by atoms with Crippen LogP contribution in [0, 0.1) is 18.3 Å². The molecular weight excluding hydrogens is 290 g/mol. The van der Waals surface area contributed by atoms with E-state index in [1.807, 2.05) is 6.07 Å². The third-order valence-electron chi connectivity index (χ3n) is 4.17. The van der Waals surface area contributed by atoms with Crippen LogP contribution in [0.4, 0.5) is 10.5 Å². The first-order valence-corrected chi connectivity index (χ1v) is 7.22. The summed E-state index contributed by atoms with van der Waals surface area (Å²) in [6.45, 7) is 2.76. The zero-order chi connectivity index (χ0) is 15.1. The van der Waals surface area contributed by atoms with Gasteiger partial charge in [0, 0.05) is 18.7 Å². The molecule has 2 amide bonds. The molecule has 2 heterocycles. The average Bonchev–Trinajstić information content (AvgIpc) is 2.81. The zero-order valence-electron chi connectivity index (χ0n) is 11.6. The smallest absolute Gasteiger partial charge is 0.312 e. The molecule has 6 heteroatoms. The lowest BCUT2D eigenvalue weighted by molar-refractivity contribution is -0.124. The highest BCUT2D eigenvalue weighted by Crippen LogP contribution is 2.34. The maximum Gasteiger partial charge on any atom is 0.325 e. The molecule has 2 fully saturated rings. The number of nitrogens with zero attached hydrogens (tertiary/aromatic N) is 3. The third kappa shape index (κ3) is 2.07. The molecule has 108 valence electrons. The Labute approximate surface area is 127 Å². The van der Waals surface area contributed by atoms with E-state index in [1.54, 1.807) is 28.9 Å². The molecule has 0 spiro atoms. The van der Waals surface area contributed by atoms with E-state index >= 15 is 0 Å². The zero-order valence-corrected chi connectivity index (χ0v) is 12.4. The van der Waals surface area contributed by atoms with E-state index in [4.69, 9.17) is 16.9 Å². The molecule has 2 aliphatic rings. The van der Waals surface area contributed by atoms with Crippen LogP contribution in [0.2, 0.25) is 5.02 Å². The molecule has 1 aromatic carbocycles. The fourth-order valence-corrected chi connectivity index (χ4v) is 3.21. The monoisotopic (exact) mass is 303 g/mol. The predicted molar refractivity (Wildman–Crippen MR) is 78.4 cm³/mol. The second-order valence-electron chi connectivity index (χ2n) is 5.36. The van der Waals surface area contributed by atoms with E-state index in [-0.39, 0.29) is 17.9 Å². The van der Waals surface area contributed by atoms with Gasteiger partial charge in [0.25, 0.3) is 0 Å². The van der Waals surface area contributed by atoms with Crippen molar-refractivity contribution >= 4 is 29.1 Å². The summed E-state index contributed by atoms with van der Waals surface area (Å²) in [6.07, 6.45) is 1.26. The highest BCUT2D eigenvalue weighted by Gasteiger charge is 2.43. The third-order valence-corrected chi connectivity index (χ3v) is 4.66. The number of amides is 2. The number of anilines is 1. The van der Waals surface area contributed by atoms with Crippen molar-refractivity contribution in [3.05, 3.63) is 28.3 Å². The minimum absolute atomic E-state index is 0.120. The van der Waals surface area contributed by atoms with Gasteiger partial charge in [-0.05, 0) is 31.0 Å². The Morgan fingerprint density at radius 2 is 2.14 bits per heavy atom. The number of benzene rings is 1. The van der Waals surface area contributed by atoms with Crippen molar-refractivity contribution in [2.45, 2.75) is 25.8 Å². The molecule has 2 aliphatic heterocycles. The molecule has 5 nitrogen and oxygen atoms in total. The van der Waals surface area contributed by atoms with Gasteiger partial charge in [-0.3, -0.25) is 9.69 Å². The first kappa shape index (κ1) is 13.9. The summed E-state index contributed by atoms with van der Waals surface area (Å²) in [4.78, 5) is 27.7. The molecule has 3 rings (SSSR count). The summed E-state index contributed by atoms with van der Waals surface area (Å²) in [5.74, 6) is 0.120. The van der Waals surface area contributed by atoms with Crippen LogP contribution in [-0.4, -0.2) is 35.8 Å². The van der Waals surface area contributed by atoms with E-state index in [9.17, 15) is 9.59 Å². The first-order chi connectivity index (χ1) is 10.0. The van der Waals surface area contributed by atoms with E-state index in [0.717, 1.165) is 6.42 Å². The molecular formula is C15H14ClN3O2. The fraction of sp³-hybridized carbons (Fsp3) is 0.400. The van der Waals surface area contributed by atoms with Crippen molar-refractivity contribution in [1.29, 1.82) is 5.26 Å². The Kier molecular flexibility index (Phi) is 3.34. The van der Waals surface area contributed by atoms with Crippen LogP contribution in [0.3, 0.4) is 0 Å². The minimum atomic E-state index is -0.347. The normalized spacial score (nSPS) is 21.5. The highest BCUT2D eigenvalue weighted by atomic mass is 35.5. The van der Waals surface area contributed by atoms with Crippen molar-refractivity contribution in [2.75, 3.05) is 18.0 Å². The summed E-state index contributed by atoms with van der Waals surface area (Å²) < 4.78 is 0. The summed E-state index contributed by atoms with van der Waals surface area (Å²) in [7, 11) is 0. The van der Waals surface area contributed by atoms with Gasteiger partial charge in [0.2, 0.25) is 0 Å². The average molecular weight is 304 g/mol. The largest absolute Gasteiger partial charge is 0.325 e. The quantitative estimate of drug-likeness (QED) is 0.800. The summed E-state index contributed by atoms with van der Waals surface area (Å²) in [5, 5.41) is 9.35. The lowest BCUT2D eigenvalue weighted by atomic mass is 10.0. The number of hydrogen-bond donors (Lipinski definition) is 0. The number of halogens is 1. The van der Waals surface area contributed by atoms with Crippen LogP contribution in [0.15, 0.2) is 12.1 Å². The number of fused-ring (bicyclic) bond motifs is 1. The van der Waals surface area contributed by atoms with Gasteiger partial charge >= 0.3 is 6.03 Å². The van der Waals surface area contributed by atoms with Crippen LogP contribution in [0.25, 0.3) is 0 Å². The molecule has 1 atom stereocenters. The maximum atomic E-state index is 12.5. The summed E-state index contributed by atoms with van der Waals surface area (Å²) in [6, 6.07) is 4.85. The van der Waals surface area contributed by atoms with Gasteiger partial charge in [0.15, 0.2) is 5.78 Å². The van der Waals surface area contributed by atoms with Crippen LogP contribution in [0.1, 0.15) is 24.0 Å². The van der Waals surface area contributed by atoms with Gasteiger partial charge in [-0.1, -0.05) is 11.6 Å². The lowest BCUT2D eigenvalue weighted by Gasteiger charge is -2.26. The molecule has 0 N–H and O–H groups in total. The van der Waals surface area contributed by atoms with Gasteiger partial charge in [0.1, 0.15) is 12.1 Å². The number of nitriles is 1. The van der Waals surface area contributed by atoms with E-state index in [1.165, 1.54) is 0 Å². The van der Waals surface area contributed by atoms with Gasteiger partial charge in [0.05, 0.1) is 17.1 Å². The second kappa shape index (κ2) is 5.05. The predicted octanol–water partition coefficient (Wildman–Crippen LogP) is 2.49. The molecule has 21 heavy (non-hydrogen) atoms. The summed E-state index contributed by atoms with van der Waals surface area (Å²) in [5.41, 5.74) is 1.75. The number of urea groups is 1. The van der Waals surface area contributed by atoms with Crippen molar-refractivity contribution in [3.8, 4) is 6.07 Å². The SMILES string of the molecule is Cc1c(N2CC3C(=O)CCCN3C2=O)ccc(C#N)c1Cl. The van der Waals surface area contributed by atoms with Gasteiger partial charge in [-0.2, -0.15) is 5.26 Å². The standard InChI is InChI=1S/C15H14ClN3O2/c1-9-11(5-4-10(7-17)14(9)16)19-8-12-13(20)3-2-6-18(12)15(19)21/h4-5,12H,2-3,6,8H2,1H3. The Hall–Kier alpha value is -2.06. The Balaban J connectivity index is 1.99. The number of rotatable bonds is 1. The Morgan fingerprint density at radius 1 is 1.38 bits per heavy atom. The maximum absolute atomic E-state index is 12.5. The molecule has 0 aliphatic carbocycles. The topological polar surface area (TPSA) is 64.4 Å². The molecule has 0 radical (unpaired) electrons. The van der Waals surface area contributed by atoms with Gasteiger partial charge < -0.3 is 4.90 Å². The first-order valence-electron chi connectivity index (χ1n) is 6.84. The second-order valence-corrected chi connectivity index (χ2v) is 5.73. The van der Waals surface area contributed by atoms with Crippen LogP contribution < -0.4 is 4.90 Å². The van der Waals surface area contributed by atoms with Gasteiger partial charge in [-0.25, -0.2) is 4.79 Å². The molecule has 0 saturated carbocycles. The number of hydrogen-bond acceptors (Lipinski definition) is 3. The summed E-state index contributed by atoms with van der Waals surface area (Å²) >= 11 is 6.17. The number of Topliss-reactive ketones (excluding diaryl/α,β-unsaturated/α-hetero) is 1. The van der Waals surface area contributed by atoms with Gasteiger partial charge in [-0.15, -0.1) is 0 Å². The number of piperidine rings is 1. The lowest BCUT2D eigenvalue weighted by Crippen LogP contribution is -2.44. The van der Waals surface area contributed by atoms with Crippen molar-refractivity contribution in [1.82, 2.24) is 4.90 Å².